The Labute approximate surface area is 254 Å². The summed E-state index contributed by atoms with van der Waals surface area (Å²) in [6, 6.07) is 0. The Hall–Kier alpha value is -2.20. The number of carbonyl (C=O) groups excluding carboxylic acids is 4. The van der Waals surface area contributed by atoms with Gasteiger partial charge < -0.3 is 28.4 Å². The van der Waals surface area contributed by atoms with E-state index in [9.17, 15) is 19.2 Å². The van der Waals surface area contributed by atoms with E-state index in [2.05, 4.69) is 0 Å². The Balaban J connectivity index is 1.25. The first-order valence-corrected chi connectivity index (χ1v) is 16.2. The van der Waals surface area contributed by atoms with Crippen molar-refractivity contribution in [3.63, 3.8) is 0 Å². The van der Waals surface area contributed by atoms with E-state index in [-0.39, 0.29) is 30.4 Å². The van der Waals surface area contributed by atoms with Crippen molar-refractivity contribution in [3.05, 3.63) is 0 Å². The van der Waals surface area contributed by atoms with E-state index in [4.69, 9.17) is 28.4 Å². The largest absolute Gasteiger partial charge is 0.462 e. The summed E-state index contributed by atoms with van der Waals surface area (Å²) < 4.78 is 36.2. The molecule has 0 unspecified atom stereocenters. The molecule has 6 aliphatic rings. The minimum atomic E-state index is -1.35. The minimum Gasteiger partial charge on any atom is -0.462 e. The third-order valence-electron chi connectivity index (χ3n) is 13.5. The number of rotatable bonds is 6. The summed E-state index contributed by atoms with van der Waals surface area (Å²) in [5, 5.41) is 0. The minimum absolute atomic E-state index is 0.0257. The van der Waals surface area contributed by atoms with Gasteiger partial charge in [-0.05, 0) is 58.8 Å². The smallest absolute Gasteiger partial charge is 0.351 e. The van der Waals surface area contributed by atoms with Gasteiger partial charge in [0, 0.05) is 29.8 Å². The molecule has 0 aromatic carbocycles. The van der Waals surface area contributed by atoms with Gasteiger partial charge in [-0.3, -0.25) is 9.59 Å². The molecule has 6 fully saturated rings. The molecule has 0 aromatic rings. The molecule has 3 heterocycles. The molecule has 3 aliphatic carbocycles. The number of ether oxygens (including phenoxy) is 6. The molecule has 0 spiro atoms. The van der Waals surface area contributed by atoms with Crippen LogP contribution in [-0.4, -0.2) is 67.3 Å². The molecule has 3 saturated carbocycles. The maximum atomic E-state index is 14.0. The van der Waals surface area contributed by atoms with Crippen molar-refractivity contribution in [2.24, 2.45) is 33.5 Å². The lowest BCUT2D eigenvalue weighted by molar-refractivity contribution is -0.200. The van der Waals surface area contributed by atoms with Crippen molar-refractivity contribution in [2.45, 2.75) is 135 Å². The van der Waals surface area contributed by atoms with Crippen molar-refractivity contribution in [1.29, 1.82) is 0 Å². The van der Waals surface area contributed by atoms with Gasteiger partial charge in [0.2, 0.25) is 11.2 Å². The van der Waals surface area contributed by atoms with Crippen LogP contribution in [0.2, 0.25) is 0 Å². The quantitative estimate of drug-likeness (QED) is 0.313. The van der Waals surface area contributed by atoms with Gasteiger partial charge in [-0.15, -0.1) is 0 Å². The number of fused-ring (bicyclic) bond motifs is 6. The summed E-state index contributed by atoms with van der Waals surface area (Å²) in [7, 11) is 1.60. The van der Waals surface area contributed by atoms with Crippen LogP contribution in [0.1, 0.15) is 106 Å². The standard InChI is InChI=1S/C33H48O10/c1-28(2)30(5)14-16-32(28,42-24(30)34)26(36)39-18-20-19-12-10-8-9-11-13-21(22(20)41-23(19)38-7)40-27(37)33-17-15-31(6,25(35)43-33)29(33,3)4/h19-23H,8-18H2,1-7H3/t19-,20-,21-,22-,23-,30-,31-,32+,33+/m0/s1. The molecule has 240 valence electrons. The van der Waals surface area contributed by atoms with Gasteiger partial charge in [-0.2, -0.15) is 0 Å². The summed E-state index contributed by atoms with van der Waals surface area (Å²) in [4.78, 5) is 53.5. The third kappa shape index (κ3) is 3.83. The Kier molecular flexibility index (Phi) is 7.09. The second kappa shape index (κ2) is 9.90. The second-order valence-corrected chi connectivity index (χ2v) is 15.4. The third-order valence-corrected chi connectivity index (χ3v) is 13.5. The molecule has 0 amide bonds. The van der Waals surface area contributed by atoms with Gasteiger partial charge in [0.25, 0.3) is 0 Å². The fourth-order valence-corrected chi connectivity index (χ4v) is 9.26. The highest BCUT2D eigenvalue weighted by Gasteiger charge is 2.78. The van der Waals surface area contributed by atoms with Crippen LogP contribution in [0.25, 0.3) is 0 Å². The lowest BCUT2D eigenvalue weighted by atomic mass is 9.66. The molecule has 9 atom stereocenters. The Morgan fingerprint density at radius 2 is 1.30 bits per heavy atom. The maximum absolute atomic E-state index is 14.0. The molecule has 3 aliphatic heterocycles. The molecule has 10 heteroatoms. The number of hydrogen-bond acceptors (Lipinski definition) is 10. The Morgan fingerprint density at radius 1 is 0.767 bits per heavy atom. The van der Waals surface area contributed by atoms with Crippen molar-refractivity contribution >= 4 is 23.9 Å². The summed E-state index contributed by atoms with van der Waals surface area (Å²) in [5.74, 6) is -2.16. The number of methoxy groups -OCH3 is 1. The van der Waals surface area contributed by atoms with Crippen LogP contribution in [0.15, 0.2) is 0 Å². The SMILES string of the molecule is CO[C@H]1O[C@H]2[C@@H](COC(=O)[C@@]34CC[C@@](C)(C(=O)O3)C4(C)C)[C@@H]1CCCCCC[C@@H]2OC(=O)[C@@]12CC[C@@](C)(C(=O)O1)C2(C)C. The average molecular weight is 605 g/mol. The molecule has 0 N–H and O–H groups in total. The molecule has 0 aromatic heterocycles. The lowest BCUT2D eigenvalue weighted by Crippen LogP contribution is -2.52. The number of carbonyl (C=O) groups is 4. The van der Waals surface area contributed by atoms with Crippen LogP contribution in [0.5, 0.6) is 0 Å². The van der Waals surface area contributed by atoms with Crippen LogP contribution in [0.4, 0.5) is 0 Å². The molecule has 43 heavy (non-hydrogen) atoms. The van der Waals surface area contributed by atoms with Crippen molar-refractivity contribution in [1.82, 2.24) is 0 Å². The van der Waals surface area contributed by atoms with Crippen LogP contribution >= 0.6 is 0 Å². The van der Waals surface area contributed by atoms with Crippen LogP contribution in [0, 0.1) is 33.5 Å². The highest BCUT2D eigenvalue weighted by atomic mass is 16.7. The molecular formula is C33H48O10. The fraction of sp³-hybridized carbons (Fsp3) is 0.879. The van der Waals surface area contributed by atoms with Gasteiger partial charge in [-0.1, -0.05) is 47.0 Å². The number of esters is 4. The van der Waals surface area contributed by atoms with E-state index in [0.29, 0.717) is 32.1 Å². The van der Waals surface area contributed by atoms with E-state index in [1.165, 1.54) is 0 Å². The molecular weight excluding hydrogens is 556 g/mol. The van der Waals surface area contributed by atoms with Crippen LogP contribution in [-0.2, 0) is 47.6 Å². The molecule has 3 saturated heterocycles. The monoisotopic (exact) mass is 604 g/mol. The highest BCUT2D eigenvalue weighted by molar-refractivity contribution is 5.94. The molecule has 6 bridgehead atoms. The van der Waals surface area contributed by atoms with Gasteiger partial charge in [0.1, 0.15) is 12.2 Å². The van der Waals surface area contributed by atoms with E-state index >= 15 is 0 Å². The van der Waals surface area contributed by atoms with E-state index in [1.54, 1.807) is 7.11 Å². The topological polar surface area (TPSA) is 124 Å². The van der Waals surface area contributed by atoms with Crippen molar-refractivity contribution < 1.29 is 47.6 Å². The summed E-state index contributed by atoms with van der Waals surface area (Å²) in [6.07, 6.45) is 5.42. The molecule has 6 rings (SSSR count). The first-order valence-electron chi connectivity index (χ1n) is 16.2. The zero-order valence-electron chi connectivity index (χ0n) is 26.7. The van der Waals surface area contributed by atoms with E-state index in [0.717, 1.165) is 32.1 Å². The highest BCUT2D eigenvalue weighted by Crippen LogP contribution is 2.67. The van der Waals surface area contributed by atoms with Gasteiger partial charge >= 0.3 is 23.9 Å². The van der Waals surface area contributed by atoms with Gasteiger partial charge in [0.15, 0.2) is 6.29 Å². The zero-order valence-corrected chi connectivity index (χ0v) is 26.7. The Bertz CT molecular complexity index is 1210. The average Bonchev–Trinajstić information content (AvgIpc) is 3.56. The Morgan fingerprint density at radius 3 is 1.79 bits per heavy atom. The van der Waals surface area contributed by atoms with Gasteiger partial charge in [0.05, 0.1) is 17.4 Å². The first kappa shape index (κ1) is 30.8. The normalized spacial score (nSPS) is 45.9. The lowest BCUT2D eigenvalue weighted by Gasteiger charge is -2.37. The zero-order chi connectivity index (χ0) is 31.2. The van der Waals surface area contributed by atoms with Crippen LogP contribution < -0.4 is 0 Å². The predicted molar refractivity (Wildman–Crippen MR) is 151 cm³/mol. The predicted octanol–water partition coefficient (Wildman–Crippen LogP) is 4.64. The van der Waals surface area contributed by atoms with E-state index in [1.807, 2.05) is 41.5 Å². The van der Waals surface area contributed by atoms with Crippen molar-refractivity contribution in [2.75, 3.05) is 13.7 Å². The first-order chi connectivity index (χ1) is 20.1. The van der Waals surface area contributed by atoms with Crippen molar-refractivity contribution in [3.8, 4) is 0 Å². The maximum Gasteiger partial charge on any atom is 0.351 e. The fourth-order valence-electron chi connectivity index (χ4n) is 9.26. The van der Waals surface area contributed by atoms with E-state index < -0.39 is 63.3 Å². The van der Waals surface area contributed by atoms with Crippen LogP contribution in [0.3, 0.4) is 0 Å². The van der Waals surface area contributed by atoms with Gasteiger partial charge in [-0.25, -0.2) is 9.59 Å². The molecule has 0 radical (unpaired) electrons. The molecule has 10 nitrogen and oxygen atoms in total. The second-order valence-electron chi connectivity index (χ2n) is 15.4. The number of hydrogen-bond donors (Lipinski definition) is 0. The summed E-state index contributed by atoms with van der Waals surface area (Å²) in [6.45, 7) is 11.4. The summed E-state index contributed by atoms with van der Waals surface area (Å²) >= 11 is 0. The summed E-state index contributed by atoms with van der Waals surface area (Å²) in [5.41, 5.74) is -5.60.